The van der Waals surface area contributed by atoms with Crippen LogP contribution in [0.2, 0.25) is 0 Å². The number of nitrogens with one attached hydrogen (secondary N) is 2. The van der Waals surface area contributed by atoms with E-state index in [4.69, 9.17) is 0 Å². The second-order valence-electron chi connectivity index (χ2n) is 8.36. The number of benzene rings is 1. The van der Waals surface area contributed by atoms with Gasteiger partial charge in [-0.05, 0) is 70.6 Å². The summed E-state index contributed by atoms with van der Waals surface area (Å²) in [6.07, 6.45) is 5.28. The van der Waals surface area contributed by atoms with Gasteiger partial charge in [0.1, 0.15) is 10.8 Å². The summed E-state index contributed by atoms with van der Waals surface area (Å²) in [5, 5.41) is 5.91. The van der Waals surface area contributed by atoms with Crippen molar-refractivity contribution in [1.29, 1.82) is 0 Å². The van der Waals surface area contributed by atoms with Crippen molar-refractivity contribution < 1.29 is 12.8 Å². The Balaban J connectivity index is 1.52. The van der Waals surface area contributed by atoms with Gasteiger partial charge in [-0.3, -0.25) is 0 Å². The Morgan fingerprint density at radius 1 is 1.21 bits per heavy atom. The number of sulfonamides is 1. The maximum atomic E-state index is 14.1. The summed E-state index contributed by atoms with van der Waals surface area (Å²) in [7, 11) is -3.31. The highest BCUT2D eigenvalue weighted by Gasteiger charge is 2.32. The van der Waals surface area contributed by atoms with E-state index >= 15 is 0 Å². The van der Waals surface area contributed by atoms with E-state index in [1.54, 1.807) is 39.1 Å². The van der Waals surface area contributed by atoms with Crippen LogP contribution in [0.15, 0.2) is 29.8 Å². The number of hydrogen-bond donors (Lipinski definition) is 2. The predicted octanol–water partition coefficient (Wildman–Crippen LogP) is 4.64. The Kier molecular flexibility index (Phi) is 6.41. The summed E-state index contributed by atoms with van der Waals surface area (Å²) in [5.74, 6) is 0.205. The minimum absolute atomic E-state index is 0.0165. The van der Waals surface area contributed by atoms with E-state index in [9.17, 15) is 12.8 Å². The number of aromatic nitrogens is 1. The number of hydrogen-bond acceptors (Lipinski definition) is 5. The van der Waals surface area contributed by atoms with Crippen molar-refractivity contribution in [3.8, 4) is 10.6 Å². The summed E-state index contributed by atoms with van der Waals surface area (Å²) in [4.78, 5) is 4.19. The van der Waals surface area contributed by atoms with Gasteiger partial charge in [0, 0.05) is 35.4 Å². The van der Waals surface area contributed by atoms with Crippen LogP contribution in [-0.2, 0) is 10.0 Å². The minimum atomic E-state index is -3.31. The second kappa shape index (κ2) is 8.47. The molecule has 0 saturated heterocycles. The molecule has 0 spiro atoms. The first-order chi connectivity index (χ1) is 13.2. The molecule has 1 aromatic heterocycles. The van der Waals surface area contributed by atoms with Crippen LogP contribution in [0.4, 0.5) is 10.1 Å². The topological polar surface area (TPSA) is 71.1 Å². The summed E-state index contributed by atoms with van der Waals surface area (Å²) in [5.41, 5.74) is 1.39. The molecule has 0 aliphatic heterocycles. The monoisotopic (exact) mass is 425 g/mol. The van der Waals surface area contributed by atoms with Crippen LogP contribution >= 0.6 is 11.3 Å². The average Bonchev–Trinajstić information content (AvgIpc) is 3.15. The van der Waals surface area contributed by atoms with E-state index in [1.807, 2.05) is 5.38 Å². The zero-order chi connectivity index (χ0) is 20.4. The Morgan fingerprint density at radius 2 is 1.93 bits per heavy atom. The van der Waals surface area contributed by atoms with Gasteiger partial charge < -0.3 is 5.32 Å². The minimum Gasteiger partial charge on any atom is -0.385 e. The maximum absolute atomic E-state index is 14.1. The molecule has 1 aromatic carbocycles. The fourth-order valence-electron chi connectivity index (χ4n) is 3.30. The Morgan fingerprint density at radius 3 is 2.54 bits per heavy atom. The normalized spacial score (nSPS) is 20.9. The highest BCUT2D eigenvalue weighted by Crippen LogP contribution is 2.29. The molecule has 5 nitrogen and oxygen atoms in total. The van der Waals surface area contributed by atoms with Crippen molar-refractivity contribution in [2.75, 3.05) is 11.9 Å². The molecule has 28 heavy (non-hydrogen) atoms. The quantitative estimate of drug-likeness (QED) is 0.707. The van der Waals surface area contributed by atoms with Gasteiger partial charge in [-0.15, -0.1) is 11.3 Å². The van der Waals surface area contributed by atoms with Crippen molar-refractivity contribution in [2.24, 2.45) is 5.92 Å². The van der Waals surface area contributed by atoms with Gasteiger partial charge in [-0.25, -0.2) is 22.5 Å². The molecule has 1 heterocycles. The van der Waals surface area contributed by atoms with Crippen molar-refractivity contribution >= 4 is 27.0 Å². The largest absolute Gasteiger partial charge is 0.385 e. The van der Waals surface area contributed by atoms with Crippen LogP contribution in [0.3, 0.4) is 0 Å². The third-order valence-electron chi connectivity index (χ3n) is 5.20. The van der Waals surface area contributed by atoms with Crippen LogP contribution in [0, 0.1) is 11.7 Å². The lowest BCUT2D eigenvalue weighted by molar-refractivity contribution is 0.322. The maximum Gasteiger partial charge on any atom is 0.216 e. The van der Waals surface area contributed by atoms with Crippen molar-refractivity contribution in [2.45, 2.75) is 57.2 Å². The van der Waals surface area contributed by atoms with Crippen molar-refractivity contribution in [3.63, 3.8) is 0 Å². The molecular formula is C20H28FN3O2S2. The van der Waals surface area contributed by atoms with Crippen LogP contribution in [0.1, 0.15) is 46.5 Å². The molecular weight excluding hydrogens is 397 g/mol. The highest BCUT2D eigenvalue weighted by atomic mass is 32.2. The molecule has 8 heteroatoms. The van der Waals surface area contributed by atoms with Crippen molar-refractivity contribution in [3.05, 3.63) is 35.6 Å². The van der Waals surface area contributed by atoms with E-state index in [0.717, 1.165) is 37.9 Å². The summed E-state index contributed by atoms with van der Waals surface area (Å²) in [6.45, 7) is 5.94. The van der Waals surface area contributed by atoms with Crippen LogP contribution in [-0.4, -0.2) is 30.7 Å². The SMILES string of the molecule is CC(C)(C)S(=O)(=O)N[C@H]1CC[C@H](CNc2ccc(F)c(-c3nccs3)c2)CC1. The van der Waals surface area contributed by atoms with E-state index in [1.165, 1.54) is 17.4 Å². The lowest BCUT2D eigenvalue weighted by atomic mass is 9.86. The van der Waals surface area contributed by atoms with Crippen molar-refractivity contribution in [1.82, 2.24) is 9.71 Å². The third-order valence-corrected chi connectivity index (χ3v) is 8.26. The summed E-state index contributed by atoms with van der Waals surface area (Å²) < 4.78 is 40.8. The molecule has 0 radical (unpaired) electrons. The molecule has 3 rings (SSSR count). The Labute approximate surface area is 170 Å². The molecule has 2 N–H and O–H groups in total. The van der Waals surface area contributed by atoms with Gasteiger partial charge in [0.05, 0.1) is 4.75 Å². The number of anilines is 1. The second-order valence-corrected chi connectivity index (χ2v) is 11.7. The highest BCUT2D eigenvalue weighted by molar-refractivity contribution is 7.90. The average molecular weight is 426 g/mol. The molecule has 1 fully saturated rings. The van der Waals surface area contributed by atoms with E-state index in [2.05, 4.69) is 15.0 Å². The lowest BCUT2D eigenvalue weighted by Gasteiger charge is -2.31. The van der Waals surface area contributed by atoms with Gasteiger partial charge in [0.25, 0.3) is 0 Å². The van der Waals surface area contributed by atoms with E-state index in [0.29, 0.717) is 16.5 Å². The molecule has 2 aromatic rings. The van der Waals surface area contributed by atoms with Crippen LogP contribution in [0.5, 0.6) is 0 Å². The summed E-state index contributed by atoms with van der Waals surface area (Å²) in [6, 6.07) is 5.03. The van der Waals surface area contributed by atoms with Gasteiger partial charge in [0.15, 0.2) is 0 Å². The molecule has 0 atom stereocenters. The predicted molar refractivity (Wildman–Crippen MR) is 114 cm³/mol. The first kappa shape index (κ1) is 21.2. The van der Waals surface area contributed by atoms with E-state index in [-0.39, 0.29) is 11.9 Å². The molecule has 0 amide bonds. The fourth-order valence-corrected chi connectivity index (χ4v) is 4.98. The van der Waals surface area contributed by atoms with Crippen LogP contribution < -0.4 is 10.0 Å². The lowest BCUT2D eigenvalue weighted by Crippen LogP contribution is -2.46. The molecule has 0 bridgehead atoms. The Bertz CT molecular complexity index is 885. The van der Waals surface area contributed by atoms with Gasteiger partial charge in [-0.1, -0.05) is 0 Å². The number of nitrogens with zero attached hydrogens (tertiary/aromatic N) is 1. The zero-order valence-electron chi connectivity index (χ0n) is 16.5. The standard InChI is InChI=1S/C20H28FN3O2S2/c1-20(2,3)28(25,26)24-15-6-4-14(5-7-15)13-23-16-8-9-18(21)17(12-16)19-22-10-11-27-19/h8-12,14-15,23-24H,4-7,13H2,1-3H3/t14-,15-. The number of halogens is 1. The van der Waals surface area contributed by atoms with Gasteiger partial charge >= 0.3 is 0 Å². The number of thiazole rings is 1. The molecule has 154 valence electrons. The molecule has 1 aliphatic rings. The third kappa shape index (κ3) is 5.10. The van der Waals surface area contributed by atoms with Crippen LogP contribution in [0.25, 0.3) is 10.6 Å². The molecule has 1 aliphatic carbocycles. The first-order valence-electron chi connectivity index (χ1n) is 9.61. The Hall–Kier alpha value is -1.51. The molecule has 0 unspecified atom stereocenters. The van der Waals surface area contributed by atoms with Gasteiger partial charge in [0.2, 0.25) is 10.0 Å². The van der Waals surface area contributed by atoms with E-state index < -0.39 is 14.8 Å². The summed E-state index contributed by atoms with van der Waals surface area (Å²) >= 11 is 1.42. The fraction of sp³-hybridized carbons (Fsp3) is 0.550. The number of rotatable bonds is 6. The zero-order valence-corrected chi connectivity index (χ0v) is 18.2. The molecule has 1 saturated carbocycles. The first-order valence-corrected chi connectivity index (χ1v) is 12.0. The van der Waals surface area contributed by atoms with Gasteiger partial charge in [-0.2, -0.15) is 0 Å². The smallest absolute Gasteiger partial charge is 0.216 e.